The predicted octanol–water partition coefficient (Wildman–Crippen LogP) is 5.15. The van der Waals surface area contributed by atoms with Crippen molar-refractivity contribution in [3.05, 3.63) is 0 Å². The molecular weight excluding hydrogens is 256 g/mol. The van der Waals surface area contributed by atoms with E-state index in [2.05, 4.69) is 37.1 Å². The minimum atomic E-state index is 0.611. The third-order valence-electron chi connectivity index (χ3n) is 3.56. The largest absolute Gasteiger partial charge is 0.316 e. The van der Waals surface area contributed by atoms with Crippen LogP contribution in [0.4, 0.5) is 0 Å². The van der Waals surface area contributed by atoms with E-state index >= 15 is 0 Å². The van der Waals surface area contributed by atoms with Gasteiger partial charge < -0.3 is 5.32 Å². The molecule has 0 unspecified atom stereocenters. The highest BCUT2D eigenvalue weighted by molar-refractivity contribution is 4.89. The average molecular weight is 293 g/mol. The molecule has 2 aliphatic rings. The lowest BCUT2D eigenvalue weighted by Gasteiger charge is -2.35. The molecule has 1 aliphatic carbocycles. The van der Waals surface area contributed by atoms with Gasteiger partial charge in [-0.25, -0.2) is 0 Å². The van der Waals surface area contributed by atoms with Crippen molar-refractivity contribution in [1.29, 1.82) is 5.26 Å². The molecule has 0 bridgehead atoms. The number of nitrogens with zero attached hydrogens (tertiary/aromatic N) is 1. The predicted molar refractivity (Wildman–Crippen MR) is 93.9 cm³/mol. The topological polar surface area (TPSA) is 35.8 Å². The second kappa shape index (κ2) is 15.4. The maximum absolute atomic E-state index is 8.37. The zero-order valence-corrected chi connectivity index (χ0v) is 15.2. The Balaban J connectivity index is 0. The number of nitrogens with one attached hydrogen (secondary N) is 1. The van der Waals surface area contributed by atoms with E-state index in [1.54, 1.807) is 0 Å². The summed E-state index contributed by atoms with van der Waals surface area (Å²) in [5, 5.41) is 11.6. The van der Waals surface area contributed by atoms with Crippen molar-refractivity contribution in [3.8, 4) is 17.9 Å². The molecule has 0 aromatic carbocycles. The van der Waals surface area contributed by atoms with E-state index in [4.69, 9.17) is 5.26 Å². The Morgan fingerprint density at radius 2 is 1.43 bits per heavy atom. The fraction of sp³-hybridized carbons (Fsp3) is 0.842. The molecule has 0 atom stereocenters. The lowest BCUT2D eigenvalue weighted by atomic mass is 9.87. The van der Waals surface area contributed by atoms with Crippen LogP contribution in [0.25, 0.3) is 0 Å². The standard InChI is InChI=1S/C8H13N.C5H11N.C4H6.C2H6/c9-7-6-8-4-2-1-3-5-8;1-5(2)3-6-4-5;1-3-4-2;1-2/h8H,1-6H2;6H,3-4H2,1-2H3;1-2H3;1-2H3. The number of nitriles is 1. The van der Waals surface area contributed by atoms with E-state index in [1.807, 2.05) is 27.7 Å². The SMILES string of the molecule is CC.CC#CC.CC1(C)CNC1.N#CCC1CCCCC1. The molecule has 122 valence electrons. The highest BCUT2D eigenvalue weighted by atomic mass is 15.0. The van der Waals surface area contributed by atoms with Gasteiger partial charge in [-0.15, -0.1) is 11.8 Å². The molecule has 0 aromatic rings. The van der Waals surface area contributed by atoms with Crippen molar-refractivity contribution in [3.63, 3.8) is 0 Å². The van der Waals surface area contributed by atoms with Gasteiger partial charge in [0.25, 0.3) is 0 Å². The first kappa shape index (κ1) is 22.3. The molecule has 0 radical (unpaired) electrons. The molecule has 1 heterocycles. The number of hydrogen-bond acceptors (Lipinski definition) is 2. The molecule has 0 amide bonds. The lowest BCUT2D eigenvalue weighted by Crippen LogP contribution is -2.49. The molecule has 2 heteroatoms. The van der Waals surface area contributed by atoms with Crippen LogP contribution in [-0.2, 0) is 0 Å². The highest BCUT2D eigenvalue weighted by Gasteiger charge is 2.24. The van der Waals surface area contributed by atoms with Gasteiger partial charge in [-0.2, -0.15) is 5.26 Å². The van der Waals surface area contributed by atoms with Crippen LogP contribution in [0.15, 0.2) is 0 Å². The van der Waals surface area contributed by atoms with Crippen LogP contribution < -0.4 is 5.32 Å². The van der Waals surface area contributed by atoms with E-state index in [0.29, 0.717) is 5.41 Å². The third kappa shape index (κ3) is 15.2. The van der Waals surface area contributed by atoms with E-state index in [-0.39, 0.29) is 0 Å². The maximum Gasteiger partial charge on any atom is 0.0624 e. The van der Waals surface area contributed by atoms with Crippen molar-refractivity contribution >= 4 is 0 Å². The summed E-state index contributed by atoms with van der Waals surface area (Å²) < 4.78 is 0. The van der Waals surface area contributed by atoms with Crippen molar-refractivity contribution < 1.29 is 0 Å². The average Bonchev–Trinajstić information content (AvgIpc) is 2.50. The summed E-state index contributed by atoms with van der Waals surface area (Å²) in [4.78, 5) is 0. The molecule has 2 nitrogen and oxygen atoms in total. The molecule has 21 heavy (non-hydrogen) atoms. The van der Waals surface area contributed by atoms with Gasteiger partial charge in [-0.05, 0) is 38.0 Å². The van der Waals surface area contributed by atoms with E-state index in [1.165, 1.54) is 45.2 Å². The van der Waals surface area contributed by atoms with Crippen molar-refractivity contribution in [2.45, 2.75) is 80.1 Å². The summed E-state index contributed by atoms with van der Waals surface area (Å²) in [5.74, 6) is 6.10. The van der Waals surface area contributed by atoms with Gasteiger partial charge in [-0.3, -0.25) is 0 Å². The number of rotatable bonds is 1. The van der Waals surface area contributed by atoms with Gasteiger partial charge in [0.05, 0.1) is 6.07 Å². The Kier molecular flexibility index (Phi) is 16.3. The highest BCUT2D eigenvalue weighted by Crippen LogP contribution is 2.25. The van der Waals surface area contributed by atoms with Gasteiger partial charge in [0.1, 0.15) is 0 Å². The minimum absolute atomic E-state index is 0.611. The van der Waals surface area contributed by atoms with Crippen molar-refractivity contribution in [2.75, 3.05) is 13.1 Å². The summed E-state index contributed by atoms with van der Waals surface area (Å²) in [7, 11) is 0. The molecule has 0 spiro atoms. The van der Waals surface area contributed by atoms with Crippen LogP contribution in [-0.4, -0.2) is 13.1 Å². The van der Waals surface area contributed by atoms with E-state index < -0.39 is 0 Å². The van der Waals surface area contributed by atoms with Crippen LogP contribution >= 0.6 is 0 Å². The Labute approximate surface area is 133 Å². The Hall–Kier alpha value is -0.990. The Morgan fingerprint density at radius 3 is 1.67 bits per heavy atom. The number of hydrogen-bond donors (Lipinski definition) is 1. The molecule has 1 saturated carbocycles. The second-order valence-corrected chi connectivity index (χ2v) is 6.13. The smallest absolute Gasteiger partial charge is 0.0624 e. The van der Waals surface area contributed by atoms with Gasteiger partial charge >= 0.3 is 0 Å². The first-order valence-electron chi connectivity index (χ1n) is 8.47. The quantitative estimate of drug-likeness (QED) is 0.678. The minimum Gasteiger partial charge on any atom is -0.316 e. The molecule has 1 N–H and O–H groups in total. The summed E-state index contributed by atoms with van der Waals surface area (Å²) in [6, 6.07) is 2.24. The van der Waals surface area contributed by atoms with Gasteiger partial charge in [0, 0.05) is 19.5 Å². The molecule has 0 aromatic heterocycles. The van der Waals surface area contributed by atoms with Crippen LogP contribution in [0.5, 0.6) is 0 Å². The normalized spacial score (nSPS) is 18.3. The molecule has 2 fully saturated rings. The van der Waals surface area contributed by atoms with E-state index in [0.717, 1.165) is 12.3 Å². The zero-order chi connectivity index (χ0) is 16.6. The van der Waals surface area contributed by atoms with Gasteiger partial charge in [0.2, 0.25) is 0 Å². The molecule has 2 rings (SSSR count). The van der Waals surface area contributed by atoms with Crippen molar-refractivity contribution in [2.24, 2.45) is 11.3 Å². The van der Waals surface area contributed by atoms with Crippen LogP contribution in [0.2, 0.25) is 0 Å². The maximum atomic E-state index is 8.37. The summed E-state index contributed by atoms with van der Waals surface area (Å²) in [6.45, 7) is 14.6. The first-order valence-corrected chi connectivity index (χ1v) is 8.47. The Bertz CT molecular complexity index is 297. The zero-order valence-electron chi connectivity index (χ0n) is 15.2. The lowest BCUT2D eigenvalue weighted by molar-refractivity contribution is 0.226. The van der Waals surface area contributed by atoms with E-state index in [9.17, 15) is 0 Å². The van der Waals surface area contributed by atoms with Gasteiger partial charge in [0.15, 0.2) is 0 Å². The van der Waals surface area contributed by atoms with Crippen LogP contribution in [0.1, 0.15) is 80.1 Å². The first-order chi connectivity index (χ1) is 10.1. The van der Waals surface area contributed by atoms with Gasteiger partial charge in [-0.1, -0.05) is 47.0 Å². The molecular formula is C19H36N2. The molecule has 1 saturated heterocycles. The van der Waals surface area contributed by atoms with Crippen LogP contribution in [0.3, 0.4) is 0 Å². The fourth-order valence-electron chi connectivity index (χ4n) is 2.15. The second-order valence-electron chi connectivity index (χ2n) is 6.13. The van der Waals surface area contributed by atoms with Crippen LogP contribution in [0, 0.1) is 34.5 Å². The monoisotopic (exact) mass is 292 g/mol. The fourth-order valence-corrected chi connectivity index (χ4v) is 2.15. The summed E-state index contributed by atoms with van der Waals surface area (Å²) in [6.07, 6.45) is 7.49. The summed E-state index contributed by atoms with van der Waals surface area (Å²) in [5.41, 5.74) is 0.611. The summed E-state index contributed by atoms with van der Waals surface area (Å²) >= 11 is 0. The van der Waals surface area contributed by atoms with Crippen molar-refractivity contribution in [1.82, 2.24) is 5.32 Å². The third-order valence-corrected chi connectivity index (χ3v) is 3.56. The Morgan fingerprint density at radius 1 is 1.00 bits per heavy atom. The molecule has 1 aliphatic heterocycles.